The second kappa shape index (κ2) is 8.91. The Morgan fingerprint density at radius 1 is 0.533 bits per heavy atom. The van der Waals surface area contributed by atoms with Gasteiger partial charge in [-0.3, -0.25) is 4.98 Å². The summed E-state index contributed by atoms with van der Waals surface area (Å²) >= 11 is 0. The van der Waals surface area contributed by atoms with Crippen LogP contribution in [-0.4, -0.2) is 17.2 Å². The Hall–Kier alpha value is -2.81. The molecule has 0 spiro atoms. The summed E-state index contributed by atoms with van der Waals surface area (Å²) in [5.41, 5.74) is 4.55. The van der Waals surface area contributed by atoms with E-state index in [1.54, 1.807) is 0 Å². The van der Waals surface area contributed by atoms with Crippen LogP contribution in [0.15, 0.2) is 67.0 Å². The Morgan fingerprint density at radius 3 is 1.33 bits per heavy atom. The van der Waals surface area contributed by atoms with Crippen molar-refractivity contribution in [1.29, 1.82) is 0 Å². The zero-order valence-electron chi connectivity index (χ0n) is 17.4. The molecule has 1 heterocycles. The minimum absolute atomic E-state index is 0.390. The largest absolute Gasteiger partial charge is 0.490 e. The predicted octanol–water partition coefficient (Wildman–Crippen LogP) is 7.06. The second-order valence-electron chi connectivity index (χ2n) is 8.56. The van der Waals surface area contributed by atoms with E-state index in [1.807, 2.05) is 12.4 Å². The van der Waals surface area contributed by atoms with E-state index in [0.29, 0.717) is 12.2 Å². The first-order valence-corrected chi connectivity index (χ1v) is 11.3. The third kappa shape index (κ3) is 4.51. The van der Waals surface area contributed by atoms with E-state index >= 15 is 0 Å². The van der Waals surface area contributed by atoms with Crippen molar-refractivity contribution in [2.75, 3.05) is 0 Å². The molecule has 0 N–H and O–H groups in total. The summed E-state index contributed by atoms with van der Waals surface area (Å²) in [6.07, 6.45) is 14.5. The molecule has 0 aliphatic heterocycles. The third-order valence-corrected chi connectivity index (χ3v) is 6.32. The number of hydrogen-bond acceptors (Lipinski definition) is 3. The summed E-state index contributed by atoms with van der Waals surface area (Å²) in [6, 6.07) is 19.0. The molecule has 154 valence electrons. The van der Waals surface area contributed by atoms with Crippen molar-refractivity contribution in [3.8, 4) is 33.8 Å². The number of hydrogen-bond donors (Lipinski definition) is 0. The molecule has 0 saturated heterocycles. The number of rotatable bonds is 6. The lowest BCUT2D eigenvalue weighted by atomic mass is 10.0. The smallest absolute Gasteiger partial charge is 0.119 e. The van der Waals surface area contributed by atoms with Gasteiger partial charge in [0.1, 0.15) is 11.5 Å². The van der Waals surface area contributed by atoms with Crippen molar-refractivity contribution in [2.24, 2.45) is 0 Å². The van der Waals surface area contributed by atoms with E-state index in [0.717, 1.165) is 33.8 Å². The molecule has 2 aromatic carbocycles. The van der Waals surface area contributed by atoms with Gasteiger partial charge in [0.25, 0.3) is 0 Å². The fourth-order valence-corrected chi connectivity index (χ4v) is 4.60. The summed E-state index contributed by atoms with van der Waals surface area (Å²) in [6.45, 7) is 0. The SMILES string of the molecule is c1cc(-c2cncc(-c3ccc(OC4CCCC4)cc3)c2)ccc1OC1CCCC1. The fourth-order valence-electron chi connectivity index (χ4n) is 4.60. The Bertz CT molecular complexity index is 876. The van der Waals surface area contributed by atoms with Gasteiger partial charge >= 0.3 is 0 Å². The Kier molecular flexibility index (Phi) is 5.69. The number of pyridine rings is 1. The Labute approximate surface area is 179 Å². The van der Waals surface area contributed by atoms with Crippen molar-refractivity contribution < 1.29 is 9.47 Å². The zero-order chi connectivity index (χ0) is 20.2. The summed E-state index contributed by atoms with van der Waals surface area (Å²) in [4.78, 5) is 4.49. The number of benzene rings is 2. The molecule has 3 nitrogen and oxygen atoms in total. The average Bonchev–Trinajstić information content (AvgIpc) is 3.50. The van der Waals surface area contributed by atoms with Gasteiger partial charge in [-0.05, 0) is 92.8 Å². The minimum atomic E-state index is 0.390. The maximum Gasteiger partial charge on any atom is 0.119 e. The van der Waals surface area contributed by atoms with Crippen LogP contribution in [0.25, 0.3) is 22.3 Å². The maximum absolute atomic E-state index is 6.09. The van der Waals surface area contributed by atoms with Crippen LogP contribution in [0.5, 0.6) is 11.5 Å². The van der Waals surface area contributed by atoms with Gasteiger partial charge in [0.05, 0.1) is 12.2 Å². The van der Waals surface area contributed by atoms with Crippen LogP contribution in [0.4, 0.5) is 0 Å². The molecule has 30 heavy (non-hydrogen) atoms. The molecule has 0 bridgehead atoms. The van der Waals surface area contributed by atoms with Crippen LogP contribution in [0, 0.1) is 0 Å². The quantitative estimate of drug-likeness (QED) is 0.445. The lowest BCUT2D eigenvalue weighted by molar-refractivity contribution is 0.210. The van der Waals surface area contributed by atoms with E-state index < -0.39 is 0 Å². The highest BCUT2D eigenvalue weighted by Gasteiger charge is 2.17. The molecule has 1 aromatic heterocycles. The minimum Gasteiger partial charge on any atom is -0.490 e. The number of aromatic nitrogens is 1. The van der Waals surface area contributed by atoms with Crippen LogP contribution >= 0.6 is 0 Å². The van der Waals surface area contributed by atoms with Gasteiger partial charge in [-0.1, -0.05) is 24.3 Å². The summed E-state index contributed by atoms with van der Waals surface area (Å²) in [5, 5.41) is 0. The average molecular weight is 400 g/mol. The van der Waals surface area contributed by atoms with Crippen LogP contribution in [0.2, 0.25) is 0 Å². The first-order valence-electron chi connectivity index (χ1n) is 11.3. The molecule has 0 atom stereocenters. The Morgan fingerprint density at radius 2 is 0.933 bits per heavy atom. The molecule has 3 heteroatoms. The molecular weight excluding hydrogens is 370 g/mol. The van der Waals surface area contributed by atoms with Gasteiger partial charge in [-0.25, -0.2) is 0 Å². The van der Waals surface area contributed by atoms with E-state index in [9.17, 15) is 0 Å². The summed E-state index contributed by atoms with van der Waals surface area (Å²) in [7, 11) is 0. The normalized spacial score (nSPS) is 17.3. The Balaban J connectivity index is 1.28. The predicted molar refractivity (Wildman–Crippen MR) is 121 cm³/mol. The maximum atomic E-state index is 6.09. The molecule has 2 aliphatic carbocycles. The number of ether oxygens (including phenoxy) is 2. The summed E-state index contributed by atoms with van der Waals surface area (Å²) in [5.74, 6) is 1.93. The molecule has 0 radical (unpaired) electrons. The van der Waals surface area contributed by atoms with Crippen molar-refractivity contribution in [2.45, 2.75) is 63.6 Å². The van der Waals surface area contributed by atoms with Gasteiger partial charge in [-0.15, -0.1) is 0 Å². The van der Waals surface area contributed by atoms with Crippen molar-refractivity contribution in [3.05, 3.63) is 67.0 Å². The topological polar surface area (TPSA) is 31.4 Å². The number of nitrogens with zero attached hydrogens (tertiary/aromatic N) is 1. The molecule has 5 rings (SSSR count). The highest BCUT2D eigenvalue weighted by molar-refractivity contribution is 5.72. The fraction of sp³-hybridized carbons (Fsp3) is 0.370. The van der Waals surface area contributed by atoms with Gasteiger partial charge < -0.3 is 9.47 Å². The van der Waals surface area contributed by atoms with Crippen LogP contribution in [0.1, 0.15) is 51.4 Å². The summed E-state index contributed by atoms with van der Waals surface area (Å²) < 4.78 is 12.2. The highest BCUT2D eigenvalue weighted by atomic mass is 16.5. The molecule has 3 aromatic rings. The lowest BCUT2D eigenvalue weighted by Gasteiger charge is -2.14. The van der Waals surface area contributed by atoms with Gasteiger partial charge in [-0.2, -0.15) is 0 Å². The van der Waals surface area contributed by atoms with Crippen LogP contribution in [0.3, 0.4) is 0 Å². The van der Waals surface area contributed by atoms with Crippen LogP contribution in [-0.2, 0) is 0 Å². The van der Waals surface area contributed by atoms with E-state index in [1.165, 1.54) is 51.4 Å². The van der Waals surface area contributed by atoms with Crippen LogP contribution < -0.4 is 9.47 Å². The molecule has 0 amide bonds. The van der Waals surface area contributed by atoms with E-state index in [2.05, 4.69) is 59.6 Å². The van der Waals surface area contributed by atoms with Crippen molar-refractivity contribution in [1.82, 2.24) is 4.98 Å². The first-order chi connectivity index (χ1) is 14.8. The molecule has 2 fully saturated rings. The first kappa shape index (κ1) is 19.2. The third-order valence-electron chi connectivity index (χ3n) is 6.32. The lowest BCUT2D eigenvalue weighted by Crippen LogP contribution is -2.10. The zero-order valence-corrected chi connectivity index (χ0v) is 17.4. The highest BCUT2D eigenvalue weighted by Crippen LogP contribution is 2.30. The van der Waals surface area contributed by atoms with Gasteiger partial charge in [0.15, 0.2) is 0 Å². The monoisotopic (exact) mass is 399 g/mol. The van der Waals surface area contributed by atoms with Crippen molar-refractivity contribution >= 4 is 0 Å². The van der Waals surface area contributed by atoms with E-state index in [-0.39, 0.29) is 0 Å². The van der Waals surface area contributed by atoms with Crippen molar-refractivity contribution in [3.63, 3.8) is 0 Å². The van der Waals surface area contributed by atoms with Gasteiger partial charge in [0.2, 0.25) is 0 Å². The standard InChI is InChI=1S/C27H29NO2/c1-2-6-24(5-1)29-26-13-9-20(10-14-26)22-17-23(19-28-18-22)21-11-15-27(16-12-21)30-25-7-3-4-8-25/h9-19,24-25H,1-8H2. The molecule has 2 aliphatic rings. The molecule has 2 saturated carbocycles. The molecule has 0 unspecified atom stereocenters. The van der Waals surface area contributed by atoms with E-state index in [4.69, 9.17) is 9.47 Å². The molecular formula is C27H29NO2. The van der Waals surface area contributed by atoms with Gasteiger partial charge in [0, 0.05) is 23.5 Å². The second-order valence-corrected chi connectivity index (χ2v) is 8.56.